The molecule has 4 aromatic rings. The second-order valence-corrected chi connectivity index (χ2v) is 15.1. The number of nitrogens with one attached hydrogen (secondary N) is 1. The van der Waals surface area contributed by atoms with E-state index in [0.29, 0.717) is 53.6 Å². The van der Waals surface area contributed by atoms with Gasteiger partial charge in [-0.2, -0.15) is 9.97 Å². The maximum absolute atomic E-state index is 16.9. The molecule has 1 aromatic heterocycles. The summed E-state index contributed by atoms with van der Waals surface area (Å²) in [6, 6.07) is 13.6. The average molecular weight is 643 g/mol. The molecule has 6 fully saturated rings. The Morgan fingerprint density at radius 2 is 1.74 bits per heavy atom. The first-order valence-corrected chi connectivity index (χ1v) is 17.4. The number of hydrogen-bond acceptors (Lipinski definition) is 7. The first-order chi connectivity index (χ1) is 22.4. The molecule has 3 aromatic carbocycles. The van der Waals surface area contributed by atoms with Crippen molar-refractivity contribution in [1.29, 1.82) is 0 Å². The van der Waals surface area contributed by atoms with Gasteiger partial charge in [-0.25, -0.2) is 4.39 Å². The molecule has 0 radical (unpaired) electrons. The number of anilines is 1. The number of hydrogen-bond donors (Lipinski definition) is 2. The summed E-state index contributed by atoms with van der Waals surface area (Å²) in [5.41, 5.74) is 0.931. The lowest BCUT2D eigenvalue weighted by molar-refractivity contribution is -0.181. The molecule has 6 bridgehead atoms. The van der Waals surface area contributed by atoms with E-state index in [9.17, 15) is 5.11 Å². The number of halogens is 2. The number of piperazine rings is 1. The predicted molar refractivity (Wildman–Crippen MR) is 178 cm³/mol. The smallest absolute Gasteiger partial charge is 0.319 e. The van der Waals surface area contributed by atoms with Crippen molar-refractivity contribution in [2.24, 2.45) is 23.7 Å². The molecule has 10 rings (SSSR count). The predicted octanol–water partition coefficient (Wildman–Crippen LogP) is 7.50. The molecule has 7 nitrogen and oxygen atoms in total. The van der Waals surface area contributed by atoms with Crippen LogP contribution in [0.5, 0.6) is 11.8 Å². The van der Waals surface area contributed by atoms with Gasteiger partial charge in [0.25, 0.3) is 0 Å². The molecule has 2 N–H and O–H groups in total. The third kappa shape index (κ3) is 4.99. The van der Waals surface area contributed by atoms with E-state index in [1.165, 1.54) is 25.7 Å². The van der Waals surface area contributed by atoms with Gasteiger partial charge in [-0.15, -0.1) is 0 Å². The van der Waals surface area contributed by atoms with Crippen LogP contribution in [0.3, 0.4) is 0 Å². The van der Waals surface area contributed by atoms with Crippen molar-refractivity contribution in [3.8, 4) is 22.9 Å². The summed E-state index contributed by atoms with van der Waals surface area (Å²) in [5, 5.41) is 16.7. The number of rotatable bonds is 7. The second-order valence-electron chi connectivity index (χ2n) is 14.7. The molecule has 0 amide bonds. The molecule has 3 atom stereocenters. The maximum Gasteiger partial charge on any atom is 0.319 e. The number of nitrogens with zero attached hydrogens (tertiary/aromatic N) is 3. The SMILES string of the molecule is C[C@@H](COc1nc(N2CC3CCC(C2)N3)c2cc(Cl)c(-c3cc(O)cc4ccccc34)c(F)c2n1)CC1C2CC3CC1CC(C2)O3. The third-order valence-electron chi connectivity index (χ3n) is 11.5. The van der Waals surface area contributed by atoms with E-state index < -0.39 is 5.82 Å². The minimum atomic E-state index is -0.534. The summed E-state index contributed by atoms with van der Waals surface area (Å²) >= 11 is 6.92. The van der Waals surface area contributed by atoms with Gasteiger partial charge in [0.15, 0.2) is 5.82 Å². The average Bonchev–Trinajstić information content (AvgIpc) is 3.38. The summed E-state index contributed by atoms with van der Waals surface area (Å²) < 4.78 is 29.4. The number of fused-ring (bicyclic) bond motifs is 4. The largest absolute Gasteiger partial charge is 0.508 e. The molecule has 46 heavy (non-hydrogen) atoms. The lowest BCUT2D eigenvalue weighted by atomic mass is 9.59. The molecule has 240 valence electrons. The van der Waals surface area contributed by atoms with Gasteiger partial charge in [0, 0.05) is 36.1 Å². The minimum absolute atomic E-state index is 0.0496. The highest BCUT2D eigenvalue weighted by Crippen LogP contribution is 2.53. The van der Waals surface area contributed by atoms with Crippen molar-refractivity contribution < 1.29 is 19.0 Å². The van der Waals surface area contributed by atoms with Crippen molar-refractivity contribution in [2.45, 2.75) is 76.2 Å². The Morgan fingerprint density at radius 1 is 1.02 bits per heavy atom. The molecular formula is C37H40ClFN4O3. The van der Waals surface area contributed by atoms with E-state index in [1.807, 2.05) is 24.3 Å². The zero-order chi connectivity index (χ0) is 31.1. The van der Waals surface area contributed by atoms with Crippen molar-refractivity contribution in [3.63, 3.8) is 0 Å². The quantitative estimate of drug-likeness (QED) is 0.216. The Bertz CT molecular complexity index is 1800. The minimum Gasteiger partial charge on any atom is -0.508 e. The number of phenols is 1. The van der Waals surface area contributed by atoms with E-state index in [2.05, 4.69) is 17.1 Å². The first kappa shape index (κ1) is 29.0. The fourth-order valence-electron chi connectivity index (χ4n) is 9.63. The normalized spacial score (nSPS) is 30.4. The van der Waals surface area contributed by atoms with Gasteiger partial charge in [-0.05, 0) is 103 Å². The van der Waals surface area contributed by atoms with E-state index in [0.717, 1.165) is 60.9 Å². The summed E-state index contributed by atoms with van der Waals surface area (Å²) in [4.78, 5) is 11.9. The second kappa shape index (κ2) is 11.2. The van der Waals surface area contributed by atoms with Gasteiger partial charge in [-0.1, -0.05) is 42.8 Å². The Balaban J connectivity index is 1.07. The molecule has 4 aliphatic heterocycles. The zero-order valence-corrected chi connectivity index (χ0v) is 26.8. The summed E-state index contributed by atoms with van der Waals surface area (Å²) in [5.74, 6) is 2.75. The Hall–Kier alpha value is -3.20. The third-order valence-corrected chi connectivity index (χ3v) is 11.8. The highest BCUT2D eigenvalue weighted by molar-refractivity contribution is 6.35. The molecule has 2 saturated carbocycles. The highest BCUT2D eigenvalue weighted by atomic mass is 35.5. The van der Waals surface area contributed by atoms with Crippen LogP contribution in [0, 0.1) is 29.5 Å². The molecule has 0 spiro atoms. The van der Waals surface area contributed by atoms with Crippen LogP contribution in [0.2, 0.25) is 5.02 Å². The van der Waals surface area contributed by atoms with Crippen molar-refractivity contribution in [1.82, 2.24) is 15.3 Å². The van der Waals surface area contributed by atoms with Crippen LogP contribution in [0.25, 0.3) is 32.8 Å². The van der Waals surface area contributed by atoms with Gasteiger partial charge in [0.1, 0.15) is 17.1 Å². The van der Waals surface area contributed by atoms with Gasteiger partial charge in [-0.3, -0.25) is 0 Å². The fraction of sp³-hybridized carbons (Fsp3) is 0.514. The zero-order valence-electron chi connectivity index (χ0n) is 26.1. The molecule has 9 heteroatoms. The maximum atomic E-state index is 16.9. The van der Waals surface area contributed by atoms with Gasteiger partial charge in [0.2, 0.25) is 0 Å². The van der Waals surface area contributed by atoms with Gasteiger partial charge >= 0.3 is 6.01 Å². The Kier molecular flexibility index (Phi) is 7.06. The van der Waals surface area contributed by atoms with Crippen molar-refractivity contribution in [3.05, 3.63) is 53.3 Å². The van der Waals surface area contributed by atoms with Crippen LogP contribution in [0.4, 0.5) is 10.2 Å². The molecule has 2 unspecified atom stereocenters. The number of aromatic nitrogens is 2. The number of ether oxygens (including phenoxy) is 2. The topological polar surface area (TPSA) is 79.7 Å². The molecular weight excluding hydrogens is 603 g/mol. The summed E-state index contributed by atoms with van der Waals surface area (Å²) in [6.07, 6.45) is 9.11. The van der Waals surface area contributed by atoms with Crippen LogP contribution in [-0.2, 0) is 4.74 Å². The van der Waals surface area contributed by atoms with Gasteiger partial charge < -0.3 is 24.8 Å². The van der Waals surface area contributed by atoms with Gasteiger partial charge in [0.05, 0.1) is 23.8 Å². The molecule has 5 heterocycles. The monoisotopic (exact) mass is 642 g/mol. The summed E-state index contributed by atoms with van der Waals surface area (Å²) in [6.45, 7) is 4.30. The number of aromatic hydroxyl groups is 1. The van der Waals surface area contributed by atoms with E-state index in [4.69, 9.17) is 31.0 Å². The first-order valence-electron chi connectivity index (χ1n) is 17.1. The lowest BCUT2D eigenvalue weighted by Crippen LogP contribution is -2.51. The fourth-order valence-corrected chi connectivity index (χ4v) is 9.93. The van der Waals surface area contributed by atoms with E-state index in [-0.39, 0.29) is 27.9 Å². The van der Waals surface area contributed by atoms with E-state index in [1.54, 1.807) is 18.2 Å². The van der Waals surface area contributed by atoms with Crippen LogP contribution >= 0.6 is 11.6 Å². The molecule has 4 saturated heterocycles. The standard InChI is InChI=1S/C37H40ClFN4O3/c1-19(8-29-21-10-26-12-22(29)13-27(11-21)46-26)18-45-37-41-35-31(36(42-37)43-16-23-6-7-24(17-43)40-23)15-32(38)33(34(35)39)30-14-25(44)9-20-4-2-3-5-28(20)30/h2-5,9,14-15,19,21-24,26-27,29,40,44H,6-8,10-13,16-18H2,1H3/t19-,21?,22?,23?,24?,26?,27?,29?/m1/s1. The summed E-state index contributed by atoms with van der Waals surface area (Å²) in [7, 11) is 0. The Morgan fingerprint density at radius 3 is 2.48 bits per heavy atom. The van der Waals surface area contributed by atoms with Crippen LogP contribution in [0.1, 0.15) is 51.9 Å². The molecule has 2 aliphatic carbocycles. The van der Waals surface area contributed by atoms with Crippen molar-refractivity contribution >= 4 is 39.1 Å². The van der Waals surface area contributed by atoms with E-state index >= 15 is 4.39 Å². The Labute approximate surface area is 273 Å². The number of benzene rings is 3. The molecule has 6 aliphatic rings. The van der Waals surface area contributed by atoms with Crippen LogP contribution in [-0.4, -0.2) is 59.1 Å². The van der Waals surface area contributed by atoms with Crippen molar-refractivity contribution in [2.75, 3.05) is 24.6 Å². The highest BCUT2D eigenvalue weighted by Gasteiger charge is 2.49. The lowest BCUT2D eigenvalue weighted by Gasteiger charge is -2.54. The number of phenolic OH excluding ortho intramolecular Hbond substituents is 1. The van der Waals surface area contributed by atoms with Crippen LogP contribution in [0.15, 0.2) is 42.5 Å². The van der Waals surface area contributed by atoms with Crippen LogP contribution < -0.4 is 15.0 Å².